The summed E-state index contributed by atoms with van der Waals surface area (Å²) in [5.41, 5.74) is 2.29. The van der Waals surface area contributed by atoms with Crippen LogP contribution in [0.5, 0.6) is 0 Å². The zero-order valence-corrected chi connectivity index (χ0v) is 10.5. The summed E-state index contributed by atoms with van der Waals surface area (Å²) in [7, 11) is 0. The minimum Gasteiger partial charge on any atom is -0.299 e. The molecule has 76 valence electrons. The Hall–Kier alpha value is -0.340. The van der Waals surface area contributed by atoms with Gasteiger partial charge in [-0.05, 0) is 43.5 Å². The average Bonchev–Trinajstić information content (AvgIpc) is 2.09. The Morgan fingerprint density at radius 2 is 2.21 bits per heavy atom. The summed E-state index contributed by atoms with van der Waals surface area (Å²) >= 11 is 9.19. The van der Waals surface area contributed by atoms with Gasteiger partial charge in [0.2, 0.25) is 0 Å². The zero-order valence-electron chi connectivity index (χ0n) is 8.18. The fraction of sp³-hybridized carbons (Fsp3) is 0.364. The SMILES string of the molecule is CC(=O)C(Br)Cc1ccc(Cl)cc1C. The first kappa shape index (κ1) is 11.7. The third kappa shape index (κ3) is 3.10. The maximum absolute atomic E-state index is 11.1. The molecule has 0 amide bonds. The van der Waals surface area contributed by atoms with Gasteiger partial charge in [-0.25, -0.2) is 0 Å². The van der Waals surface area contributed by atoms with E-state index in [4.69, 9.17) is 11.6 Å². The van der Waals surface area contributed by atoms with E-state index in [-0.39, 0.29) is 10.6 Å². The van der Waals surface area contributed by atoms with Crippen LogP contribution in [0.25, 0.3) is 0 Å². The highest BCUT2D eigenvalue weighted by Gasteiger charge is 2.11. The molecule has 0 fully saturated rings. The van der Waals surface area contributed by atoms with Gasteiger partial charge in [-0.2, -0.15) is 0 Å². The molecule has 1 unspecified atom stereocenters. The molecule has 3 heteroatoms. The van der Waals surface area contributed by atoms with Crippen LogP contribution < -0.4 is 0 Å². The standard InChI is InChI=1S/C11H12BrClO/c1-7-5-10(13)4-3-9(7)6-11(12)8(2)14/h3-5,11H,6H2,1-2H3. The third-order valence-corrected chi connectivity index (χ3v) is 3.35. The number of carbonyl (C=O) groups excluding carboxylic acids is 1. The van der Waals surface area contributed by atoms with Crippen molar-refractivity contribution in [3.05, 3.63) is 34.3 Å². The first-order valence-electron chi connectivity index (χ1n) is 4.40. The van der Waals surface area contributed by atoms with E-state index in [9.17, 15) is 4.79 Å². The van der Waals surface area contributed by atoms with Crippen LogP contribution in [0.15, 0.2) is 18.2 Å². The van der Waals surface area contributed by atoms with Gasteiger partial charge < -0.3 is 0 Å². The van der Waals surface area contributed by atoms with Gasteiger partial charge in [0.25, 0.3) is 0 Å². The lowest BCUT2D eigenvalue weighted by atomic mass is 10.0. The lowest BCUT2D eigenvalue weighted by molar-refractivity contribution is -0.116. The van der Waals surface area contributed by atoms with Crippen molar-refractivity contribution in [2.75, 3.05) is 0 Å². The fourth-order valence-electron chi connectivity index (χ4n) is 1.23. The maximum Gasteiger partial charge on any atom is 0.143 e. The topological polar surface area (TPSA) is 17.1 Å². The summed E-state index contributed by atoms with van der Waals surface area (Å²) in [6, 6.07) is 5.73. The van der Waals surface area contributed by atoms with Gasteiger partial charge in [0, 0.05) is 5.02 Å². The molecule has 0 N–H and O–H groups in total. The fourth-order valence-corrected chi connectivity index (χ4v) is 1.80. The van der Waals surface area contributed by atoms with Crippen LogP contribution in [-0.4, -0.2) is 10.6 Å². The molecule has 0 saturated carbocycles. The molecule has 0 saturated heterocycles. The molecule has 1 aromatic carbocycles. The second kappa shape index (κ2) is 4.94. The highest BCUT2D eigenvalue weighted by molar-refractivity contribution is 9.10. The van der Waals surface area contributed by atoms with Gasteiger partial charge in [0.15, 0.2) is 0 Å². The predicted molar refractivity (Wildman–Crippen MR) is 63.3 cm³/mol. The molecule has 14 heavy (non-hydrogen) atoms. The van der Waals surface area contributed by atoms with Crippen LogP contribution in [0.1, 0.15) is 18.1 Å². The molecule has 0 heterocycles. The van der Waals surface area contributed by atoms with Gasteiger partial charge >= 0.3 is 0 Å². The van der Waals surface area contributed by atoms with E-state index in [0.29, 0.717) is 0 Å². The number of hydrogen-bond acceptors (Lipinski definition) is 1. The van der Waals surface area contributed by atoms with Crippen LogP contribution >= 0.6 is 27.5 Å². The van der Waals surface area contributed by atoms with Gasteiger partial charge in [-0.1, -0.05) is 33.6 Å². The van der Waals surface area contributed by atoms with Crippen molar-refractivity contribution in [3.8, 4) is 0 Å². The Kier molecular flexibility index (Phi) is 4.14. The largest absolute Gasteiger partial charge is 0.299 e. The lowest BCUT2D eigenvalue weighted by Gasteiger charge is -2.09. The lowest BCUT2D eigenvalue weighted by Crippen LogP contribution is -2.13. The number of benzene rings is 1. The smallest absolute Gasteiger partial charge is 0.143 e. The normalized spacial score (nSPS) is 12.6. The molecule has 1 rings (SSSR count). The van der Waals surface area contributed by atoms with Crippen LogP contribution in [0, 0.1) is 6.92 Å². The zero-order chi connectivity index (χ0) is 10.7. The second-order valence-electron chi connectivity index (χ2n) is 3.35. The molecule has 0 bridgehead atoms. The molecule has 0 aromatic heterocycles. The van der Waals surface area contributed by atoms with Crippen molar-refractivity contribution in [3.63, 3.8) is 0 Å². The van der Waals surface area contributed by atoms with E-state index in [1.54, 1.807) is 6.92 Å². The summed E-state index contributed by atoms with van der Waals surface area (Å²) in [4.78, 5) is 11.0. The minimum atomic E-state index is -0.0950. The van der Waals surface area contributed by atoms with Crippen LogP contribution in [-0.2, 0) is 11.2 Å². The highest BCUT2D eigenvalue weighted by Crippen LogP contribution is 2.18. The molecule has 0 radical (unpaired) electrons. The van der Waals surface area contributed by atoms with Crippen LogP contribution in [0.3, 0.4) is 0 Å². The molecule has 1 nitrogen and oxygen atoms in total. The molecular formula is C11H12BrClO. The molecule has 1 atom stereocenters. The summed E-state index contributed by atoms with van der Waals surface area (Å²) < 4.78 is 0. The molecule has 0 aliphatic rings. The van der Waals surface area contributed by atoms with E-state index in [1.165, 1.54) is 0 Å². The first-order chi connectivity index (χ1) is 6.50. The number of alkyl halides is 1. The minimum absolute atomic E-state index is 0.0950. The van der Waals surface area contributed by atoms with E-state index in [1.807, 2.05) is 25.1 Å². The average molecular weight is 276 g/mol. The summed E-state index contributed by atoms with van der Waals surface area (Å²) in [5, 5.41) is 0.736. The monoisotopic (exact) mass is 274 g/mol. The van der Waals surface area contributed by atoms with E-state index in [0.717, 1.165) is 22.6 Å². The van der Waals surface area contributed by atoms with E-state index >= 15 is 0 Å². The molecule has 1 aromatic rings. The third-order valence-electron chi connectivity index (χ3n) is 2.14. The maximum atomic E-state index is 11.1. The van der Waals surface area contributed by atoms with Gasteiger partial charge in [0.05, 0.1) is 4.83 Å². The number of aryl methyl sites for hydroxylation is 1. The Bertz CT molecular complexity index is 349. The number of Topliss-reactive ketones (excluding diaryl/α,β-unsaturated/α-hetero) is 1. The van der Waals surface area contributed by atoms with Gasteiger partial charge in [-0.3, -0.25) is 4.79 Å². The number of ketones is 1. The Morgan fingerprint density at radius 1 is 1.57 bits per heavy atom. The van der Waals surface area contributed by atoms with Gasteiger partial charge in [-0.15, -0.1) is 0 Å². The molecule has 0 aliphatic heterocycles. The quantitative estimate of drug-likeness (QED) is 0.771. The number of hydrogen-bond donors (Lipinski definition) is 0. The number of halogens is 2. The van der Waals surface area contributed by atoms with Crippen LogP contribution in [0.4, 0.5) is 0 Å². The first-order valence-corrected chi connectivity index (χ1v) is 5.69. The van der Waals surface area contributed by atoms with Crippen molar-refractivity contribution in [1.82, 2.24) is 0 Å². The van der Waals surface area contributed by atoms with Gasteiger partial charge in [0.1, 0.15) is 5.78 Å². The van der Waals surface area contributed by atoms with Crippen LogP contribution in [0.2, 0.25) is 5.02 Å². The van der Waals surface area contributed by atoms with Crippen molar-refractivity contribution in [2.45, 2.75) is 25.1 Å². The Balaban J connectivity index is 2.82. The molecule has 0 spiro atoms. The number of rotatable bonds is 3. The van der Waals surface area contributed by atoms with E-state index in [2.05, 4.69) is 15.9 Å². The highest BCUT2D eigenvalue weighted by atomic mass is 79.9. The van der Waals surface area contributed by atoms with E-state index < -0.39 is 0 Å². The van der Waals surface area contributed by atoms with Crippen molar-refractivity contribution < 1.29 is 4.79 Å². The van der Waals surface area contributed by atoms with Crippen molar-refractivity contribution >= 4 is 33.3 Å². The van der Waals surface area contributed by atoms with Crippen molar-refractivity contribution in [1.29, 1.82) is 0 Å². The predicted octanol–water partition coefficient (Wildman–Crippen LogP) is 3.54. The molecular weight excluding hydrogens is 263 g/mol. The second-order valence-corrected chi connectivity index (χ2v) is 4.89. The Labute approximate surface area is 97.6 Å². The molecule has 0 aliphatic carbocycles. The Morgan fingerprint density at radius 3 is 2.71 bits per heavy atom. The summed E-state index contributed by atoms with van der Waals surface area (Å²) in [6.07, 6.45) is 0.721. The summed E-state index contributed by atoms with van der Waals surface area (Å²) in [6.45, 7) is 3.59. The summed E-state index contributed by atoms with van der Waals surface area (Å²) in [5.74, 6) is 0.152. The number of carbonyl (C=O) groups is 1. The van der Waals surface area contributed by atoms with Crippen molar-refractivity contribution in [2.24, 2.45) is 0 Å².